The largest absolute Gasteiger partial charge is 0.425 e. The van der Waals surface area contributed by atoms with Crippen molar-refractivity contribution in [2.45, 2.75) is 132 Å². The molecule has 0 bridgehead atoms. The maximum Gasteiger partial charge on any atom is 0.380 e. The number of carbonyl (C=O) groups excluding carboxylic acids is 5. The number of esters is 1. The number of unbranched alkanes of at least 4 members (excludes halogenated alkanes) is 6. The van der Waals surface area contributed by atoms with Crippen LogP contribution in [0.15, 0.2) is 132 Å². The summed E-state index contributed by atoms with van der Waals surface area (Å²) in [7, 11) is 0. The Kier molecular flexibility index (Phi) is 13.2. The standard InChI is InChI=1S/C68H54F6N2O6S4/c1-6-8-10-12-14-36(15-13-11-9-7-2)75-59(77)43-26-22-39-41-24-28-45-56-46(29-25-42(54(41)56)40-23-27-44(60(75)78)55(43)53(39)40)62(80)76(61(45)79)37-18-20-38(21-19-37)82-63(81)65-48(33-52(86-65)50-31-17-35(4)84-50)58-57(66(69,70)68(73,74)67(58,71)72)47-32-51(85-64(47,65)5)49-30-16-34(3)83-49/h16-33,36H,6-15H2,1-5H3. The van der Waals surface area contributed by atoms with E-state index in [0.29, 0.717) is 41.9 Å². The van der Waals surface area contributed by atoms with E-state index in [4.69, 9.17) is 4.74 Å². The molecule has 14 rings (SSSR count). The van der Waals surface area contributed by atoms with Crippen molar-refractivity contribution < 1.29 is 55.1 Å². The van der Waals surface area contributed by atoms with Gasteiger partial charge in [0.05, 0.1) is 10.4 Å². The first-order valence-electron chi connectivity index (χ1n) is 29.0. The van der Waals surface area contributed by atoms with Gasteiger partial charge in [-0.1, -0.05) is 101 Å². The molecule has 6 heterocycles. The summed E-state index contributed by atoms with van der Waals surface area (Å²) >= 11 is 4.30. The zero-order valence-electron chi connectivity index (χ0n) is 47.3. The third-order valence-corrected chi connectivity index (χ3v) is 23.9. The minimum atomic E-state index is -5.86. The highest BCUT2D eigenvalue weighted by molar-refractivity contribution is 8.14. The van der Waals surface area contributed by atoms with E-state index in [2.05, 4.69) is 13.8 Å². The first-order valence-corrected chi connectivity index (χ1v) is 32.3. The van der Waals surface area contributed by atoms with Crippen LogP contribution < -0.4 is 9.64 Å². The number of amides is 4. The molecule has 6 aliphatic rings. The van der Waals surface area contributed by atoms with Crippen molar-refractivity contribution >= 4 is 134 Å². The summed E-state index contributed by atoms with van der Waals surface area (Å²) in [5, 5.41) is 5.40. The minimum Gasteiger partial charge on any atom is -0.425 e. The van der Waals surface area contributed by atoms with Crippen LogP contribution in [0.4, 0.5) is 32.0 Å². The van der Waals surface area contributed by atoms with E-state index in [1.54, 1.807) is 55.5 Å². The normalized spacial score (nSPS) is 21.7. The second-order valence-electron chi connectivity index (χ2n) is 23.4. The number of alkyl halides is 6. The fourth-order valence-corrected chi connectivity index (χ4v) is 19.2. The lowest BCUT2D eigenvalue weighted by molar-refractivity contribution is -0.258. The Morgan fingerprint density at radius 2 is 0.965 bits per heavy atom. The van der Waals surface area contributed by atoms with Gasteiger partial charge in [-0.3, -0.25) is 24.1 Å². The monoisotopic (exact) mass is 1240 g/mol. The SMILES string of the molecule is CCCCCCC(CCCCCC)N1C(=O)c2ccc3c4ccc5c6c(ccc(c7ccc(c2c37)C1=O)c64)C(=O)N(c1ccc(OC(=O)C23SC(c4ccc(C)s4)=CC2=C2C(=C4C=C(c6ccc(C)s6)SC43C)C(F)(F)C(F)(F)C2(F)F)cc1)C5=O. The summed E-state index contributed by atoms with van der Waals surface area (Å²) in [6.45, 7) is 9.37. The number of hydrogen-bond acceptors (Lipinski definition) is 10. The van der Waals surface area contributed by atoms with Gasteiger partial charge in [-0.2, -0.15) is 26.3 Å². The number of aryl methyl sites for hydroxylation is 2. The molecule has 2 unspecified atom stereocenters. The van der Waals surface area contributed by atoms with Gasteiger partial charge >= 0.3 is 23.7 Å². The molecule has 0 spiro atoms. The zero-order valence-corrected chi connectivity index (χ0v) is 50.6. The van der Waals surface area contributed by atoms with Crippen LogP contribution in [0.3, 0.4) is 0 Å². The molecule has 86 heavy (non-hydrogen) atoms. The number of carbonyl (C=O) groups is 5. The van der Waals surface area contributed by atoms with E-state index in [9.17, 15) is 19.2 Å². The van der Waals surface area contributed by atoms with Crippen molar-refractivity contribution in [3.8, 4) is 5.75 Å². The maximum atomic E-state index is 16.6. The van der Waals surface area contributed by atoms with Crippen molar-refractivity contribution in [1.29, 1.82) is 0 Å². The van der Waals surface area contributed by atoms with Crippen molar-refractivity contribution in [1.82, 2.24) is 4.90 Å². The Labute approximate surface area is 507 Å². The summed E-state index contributed by atoms with van der Waals surface area (Å²) in [5.41, 5.74) is -2.89. The van der Waals surface area contributed by atoms with Crippen LogP contribution in [0, 0.1) is 13.8 Å². The molecule has 1 saturated carbocycles. The highest BCUT2D eigenvalue weighted by Crippen LogP contribution is 2.76. The highest BCUT2D eigenvalue weighted by atomic mass is 32.2. The number of rotatable bonds is 16. The third-order valence-electron chi connectivity index (χ3n) is 18.3. The van der Waals surface area contributed by atoms with Gasteiger partial charge in [-0.15, -0.1) is 34.4 Å². The van der Waals surface area contributed by atoms with Gasteiger partial charge < -0.3 is 4.74 Å². The van der Waals surface area contributed by atoms with Crippen molar-refractivity contribution in [3.05, 3.63) is 173 Å². The van der Waals surface area contributed by atoms with Crippen LogP contribution in [0.5, 0.6) is 5.75 Å². The summed E-state index contributed by atoms with van der Waals surface area (Å²) in [4.78, 5) is 80.4. The molecule has 2 atom stereocenters. The first-order chi connectivity index (χ1) is 41.1. The second kappa shape index (κ2) is 20.0. The lowest BCUT2D eigenvalue weighted by Crippen LogP contribution is -2.57. The molecule has 18 heteroatoms. The zero-order chi connectivity index (χ0) is 60.3. The number of nitrogens with zero attached hydrogens (tertiary/aromatic N) is 2. The predicted octanol–water partition coefficient (Wildman–Crippen LogP) is 18.7. The number of anilines is 1. The van der Waals surface area contributed by atoms with Crippen LogP contribution in [-0.2, 0) is 4.79 Å². The lowest BCUT2D eigenvalue weighted by atomic mass is 9.70. The molecule has 0 N–H and O–H groups in total. The molecule has 6 aromatic carbocycles. The number of halogens is 6. The van der Waals surface area contributed by atoms with Gasteiger partial charge in [0, 0.05) is 79.5 Å². The molecule has 438 valence electrons. The Balaban J connectivity index is 0.807. The van der Waals surface area contributed by atoms with E-state index in [1.807, 2.05) is 31.2 Å². The van der Waals surface area contributed by atoms with Crippen LogP contribution in [0.2, 0.25) is 0 Å². The Hall–Kier alpha value is -6.99. The topological polar surface area (TPSA) is 101 Å². The first kappa shape index (κ1) is 56.8. The van der Waals surface area contributed by atoms with Gasteiger partial charge in [-0.25, -0.2) is 9.69 Å². The molecule has 2 aromatic heterocycles. The Morgan fingerprint density at radius 1 is 0.523 bits per heavy atom. The summed E-state index contributed by atoms with van der Waals surface area (Å²) < 4.78 is 99.5. The highest BCUT2D eigenvalue weighted by Gasteiger charge is 2.85. The number of fused-ring (bicyclic) bond motifs is 6. The average molecular weight is 1240 g/mol. The molecule has 2 aliphatic carbocycles. The number of hydrogen-bond donors (Lipinski definition) is 0. The maximum absolute atomic E-state index is 16.6. The quantitative estimate of drug-likeness (QED) is 0.0179. The van der Waals surface area contributed by atoms with Gasteiger partial charge in [0.2, 0.25) is 0 Å². The van der Waals surface area contributed by atoms with E-state index in [-0.39, 0.29) is 45.3 Å². The van der Waals surface area contributed by atoms with Crippen LogP contribution in [-0.4, -0.2) is 67.8 Å². The summed E-state index contributed by atoms with van der Waals surface area (Å²) in [6.07, 6.45) is 12.1. The number of ether oxygens (including phenoxy) is 1. The molecule has 0 radical (unpaired) electrons. The van der Waals surface area contributed by atoms with Crippen LogP contribution in [0.25, 0.3) is 52.9 Å². The van der Waals surface area contributed by atoms with Gasteiger partial charge in [0.25, 0.3) is 23.6 Å². The minimum absolute atomic E-state index is 0.0882. The molecule has 4 aliphatic heterocycles. The van der Waals surface area contributed by atoms with Crippen molar-refractivity contribution in [3.63, 3.8) is 0 Å². The molecule has 4 amide bonds. The van der Waals surface area contributed by atoms with E-state index in [0.717, 1.165) is 135 Å². The van der Waals surface area contributed by atoms with E-state index in [1.165, 1.54) is 64.8 Å². The second-order valence-corrected chi connectivity index (χ2v) is 28.7. The van der Waals surface area contributed by atoms with Crippen molar-refractivity contribution in [2.75, 3.05) is 4.90 Å². The summed E-state index contributed by atoms with van der Waals surface area (Å²) in [6, 6.07) is 26.4. The lowest BCUT2D eigenvalue weighted by Gasteiger charge is -2.46. The molecular formula is C68H54F6N2O6S4. The van der Waals surface area contributed by atoms with Crippen LogP contribution in [0.1, 0.15) is 146 Å². The molecule has 1 fully saturated rings. The fraction of sp³-hybridized carbons (Fsp3) is 0.309. The number of benzene rings is 6. The van der Waals surface area contributed by atoms with E-state index >= 15 is 31.1 Å². The Morgan fingerprint density at radius 3 is 1.42 bits per heavy atom. The van der Waals surface area contributed by atoms with Gasteiger partial charge in [0.1, 0.15) is 5.75 Å². The average Bonchev–Trinajstić information content (AvgIpc) is 1.42. The smallest absolute Gasteiger partial charge is 0.380 e. The molecule has 8 nitrogen and oxygen atoms in total. The van der Waals surface area contributed by atoms with Gasteiger partial charge in [0.15, 0.2) is 4.75 Å². The molecule has 0 saturated heterocycles. The van der Waals surface area contributed by atoms with Crippen LogP contribution >= 0.6 is 46.2 Å². The Bertz CT molecular complexity index is 4350. The predicted molar refractivity (Wildman–Crippen MR) is 332 cm³/mol. The third kappa shape index (κ3) is 7.72. The molecular weight excluding hydrogens is 1180 g/mol. The number of imide groups is 2. The number of allylic oxidation sites excluding steroid dienone is 4. The fourth-order valence-electron chi connectivity index (χ4n) is 14.1. The van der Waals surface area contributed by atoms with E-state index < -0.39 is 67.3 Å². The summed E-state index contributed by atoms with van der Waals surface area (Å²) in [5.74, 6) is -19.9. The number of thioether (sulfide) groups is 2. The number of thiophene rings is 2. The van der Waals surface area contributed by atoms with Crippen molar-refractivity contribution in [2.24, 2.45) is 0 Å². The van der Waals surface area contributed by atoms with Gasteiger partial charge in [-0.05, 0) is 162 Å². The molecule has 8 aromatic rings.